The van der Waals surface area contributed by atoms with Crippen LogP contribution in [0.4, 0.5) is 32.3 Å². The van der Waals surface area contributed by atoms with Crippen molar-refractivity contribution < 1.29 is 18.7 Å². The van der Waals surface area contributed by atoms with E-state index in [1.807, 2.05) is 18.2 Å². The Balaban J connectivity index is 1.22. The first-order valence-electron chi connectivity index (χ1n) is 11.6. The van der Waals surface area contributed by atoms with E-state index >= 15 is 0 Å². The van der Waals surface area contributed by atoms with Crippen LogP contribution >= 0.6 is 15.9 Å². The van der Waals surface area contributed by atoms with Crippen molar-refractivity contribution >= 4 is 45.1 Å². The number of carbonyl (C=O) groups is 1. The largest absolute Gasteiger partial charge is 0.448 e. The molecule has 3 aliphatic rings. The number of benzene rings is 2. The molecule has 11 heteroatoms. The van der Waals surface area contributed by atoms with Gasteiger partial charge >= 0.3 is 6.03 Å². The van der Waals surface area contributed by atoms with Crippen LogP contribution in [0.1, 0.15) is 18.4 Å². The first-order valence-corrected chi connectivity index (χ1v) is 12.4. The number of aromatic nitrogens is 2. The summed E-state index contributed by atoms with van der Waals surface area (Å²) < 4.78 is 27.4. The fourth-order valence-corrected chi connectivity index (χ4v) is 5.31. The highest BCUT2D eigenvalue weighted by atomic mass is 79.9. The third-order valence-electron chi connectivity index (χ3n) is 6.75. The highest BCUT2D eigenvalue weighted by Crippen LogP contribution is 2.45. The van der Waals surface area contributed by atoms with E-state index in [9.17, 15) is 9.18 Å². The van der Waals surface area contributed by atoms with E-state index in [4.69, 9.17) is 9.47 Å². The highest BCUT2D eigenvalue weighted by molar-refractivity contribution is 9.10. The molecule has 1 saturated heterocycles. The summed E-state index contributed by atoms with van der Waals surface area (Å²) in [5, 5.41) is 3.19. The number of para-hydroxylation sites is 1. The van der Waals surface area contributed by atoms with E-state index < -0.39 is 11.6 Å². The van der Waals surface area contributed by atoms with Crippen LogP contribution in [0.25, 0.3) is 0 Å². The van der Waals surface area contributed by atoms with Gasteiger partial charge in [0, 0.05) is 61.0 Å². The van der Waals surface area contributed by atoms with E-state index in [1.165, 1.54) is 15.9 Å². The molecule has 0 aliphatic carbocycles. The molecule has 1 N–H and O–H groups in total. The number of nitrogens with one attached hydrogen (secondary N) is 1. The molecular formula is C25H24BrFN6O3. The normalized spacial score (nSPS) is 18.5. The summed E-state index contributed by atoms with van der Waals surface area (Å²) in [5.74, 6) is 1.12. The molecule has 0 unspecified atom stereocenters. The number of likely N-dealkylation sites (tertiary alicyclic amines) is 1. The lowest BCUT2D eigenvalue weighted by atomic mass is 10.0. The van der Waals surface area contributed by atoms with Crippen LogP contribution in [0, 0.1) is 5.82 Å². The minimum absolute atomic E-state index is 0.152. The lowest BCUT2D eigenvalue weighted by Crippen LogP contribution is -2.48. The molecule has 0 saturated carbocycles. The number of amides is 2. The van der Waals surface area contributed by atoms with Crippen LogP contribution in [-0.4, -0.2) is 53.9 Å². The predicted octanol–water partition coefficient (Wildman–Crippen LogP) is 4.89. The zero-order valence-corrected chi connectivity index (χ0v) is 21.4. The van der Waals surface area contributed by atoms with Crippen molar-refractivity contribution in [2.45, 2.75) is 25.2 Å². The number of fused-ring (bicyclic) bond motifs is 2. The van der Waals surface area contributed by atoms with Crippen LogP contribution in [0.2, 0.25) is 0 Å². The molecule has 9 nitrogen and oxygen atoms in total. The van der Waals surface area contributed by atoms with Gasteiger partial charge in [0.15, 0.2) is 11.5 Å². The molecule has 6 rings (SSSR count). The minimum atomic E-state index is -0.599. The van der Waals surface area contributed by atoms with Gasteiger partial charge in [-0.05, 0) is 47.2 Å². The van der Waals surface area contributed by atoms with Crippen molar-refractivity contribution in [2.24, 2.45) is 0 Å². The van der Waals surface area contributed by atoms with Gasteiger partial charge in [0.25, 0.3) is 5.79 Å². The number of halogens is 2. The number of carbonyl (C=O) groups excluding carboxylic acids is 1. The molecule has 1 spiro atoms. The molecule has 186 valence electrons. The van der Waals surface area contributed by atoms with E-state index in [0.29, 0.717) is 27.6 Å². The number of anilines is 4. The Morgan fingerprint density at radius 2 is 1.89 bits per heavy atom. The second kappa shape index (κ2) is 8.59. The fourth-order valence-electron chi connectivity index (χ4n) is 4.76. The Hall–Kier alpha value is -3.44. The molecule has 4 heterocycles. The van der Waals surface area contributed by atoms with Crippen LogP contribution in [-0.2, 0) is 6.54 Å². The first-order chi connectivity index (χ1) is 17.3. The lowest BCUT2D eigenvalue weighted by molar-refractivity contribution is -0.115. The maximum Gasteiger partial charge on any atom is 0.330 e. The Kier molecular flexibility index (Phi) is 5.49. The third kappa shape index (κ3) is 3.92. The highest BCUT2D eigenvalue weighted by Gasteiger charge is 2.43. The summed E-state index contributed by atoms with van der Waals surface area (Å²) in [6.07, 6.45) is 3.25. The Bertz CT molecular complexity index is 1340. The van der Waals surface area contributed by atoms with Crippen molar-refractivity contribution in [1.82, 2.24) is 14.9 Å². The minimum Gasteiger partial charge on any atom is -0.448 e. The molecule has 0 bridgehead atoms. The van der Waals surface area contributed by atoms with Gasteiger partial charge in [-0.2, -0.15) is 4.98 Å². The fraction of sp³-hybridized carbons (Fsp3) is 0.320. The number of rotatable bonds is 3. The summed E-state index contributed by atoms with van der Waals surface area (Å²) in [7, 11) is 3.71. The standard InChI is InChI=1S/C25H24BrFN6O3/c1-31-10-8-25(9-11-31)35-19-7-6-16(12-20(19)36-25)29-23-28-13-15-14-33(24(34)32(2)22(15)30-23)21-17(26)4-3-5-18(21)27/h3-7,12-13H,8-11,14H2,1-2H3,(H,28,29,30). The van der Waals surface area contributed by atoms with Gasteiger partial charge in [-0.3, -0.25) is 9.80 Å². The van der Waals surface area contributed by atoms with E-state index in [-0.39, 0.29) is 18.3 Å². The average molecular weight is 555 g/mol. The van der Waals surface area contributed by atoms with Crippen LogP contribution in [0.5, 0.6) is 11.5 Å². The van der Waals surface area contributed by atoms with Crippen LogP contribution < -0.4 is 24.6 Å². The maximum absolute atomic E-state index is 14.5. The van der Waals surface area contributed by atoms with Gasteiger partial charge in [-0.15, -0.1) is 0 Å². The molecular weight excluding hydrogens is 531 g/mol. The second-order valence-electron chi connectivity index (χ2n) is 9.25. The summed E-state index contributed by atoms with van der Waals surface area (Å²) in [6.45, 7) is 1.98. The topological polar surface area (TPSA) is 83.1 Å². The van der Waals surface area contributed by atoms with E-state index in [0.717, 1.165) is 37.4 Å². The lowest BCUT2D eigenvalue weighted by Gasteiger charge is -2.35. The number of urea groups is 1. The van der Waals surface area contributed by atoms with Gasteiger partial charge < -0.3 is 19.7 Å². The van der Waals surface area contributed by atoms with Crippen LogP contribution in [0.3, 0.4) is 0 Å². The summed E-state index contributed by atoms with van der Waals surface area (Å²) in [4.78, 5) is 27.1. The van der Waals surface area contributed by atoms with Crippen LogP contribution in [0.15, 0.2) is 47.1 Å². The molecule has 0 radical (unpaired) electrons. The van der Waals surface area contributed by atoms with Crippen molar-refractivity contribution in [2.75, 3.05) is 42.3 Å². The van der Waals surface area contributed by atoms with Gasteiger partial charge in [0.2, 0.25) is 5.95 Å². The number of piperidine rings is 1. The zero-order chi connectivity index (χ0) is 25.0. The molecule has 3 aromatic rings. The van der Waals surface area contributed by atoms with Gasteiger partial charge in [-0.25, -0.2) is 14.2 Å². The van der Waals surface area contributed by atoms with Crippen molar-refractivity contribution in [1.29, 1.82) is 0 Å². The Morgan fingerprint density at radius 3 is 2.67 bits per heavy atom. The number of nitrogens with zero attached hydrogens (tertiary/aromatic N) is 5. The van der Waals surface area contributed by atoms with Crippen molar-refractivity contribution in [3.05, 3.63) is 58.4 Å². The monoisotopic (exact) mass is 554 g/mol. The summed E-state index contributed by atoms with van der Waals surface area (Å²) in [5.41, 5.74) is 1.63. The smallest absolute Gasteiger partial charge is 0.330 e. The van der Waals surface area contributed by atoms with E-state index in [2.05, 4.69) is 43.2 Å². The molecule has 1 aromatic heterocycles. The molecule has 1 fully saturated rings. The average Bonchev–Trinajstić information content (AvgIpc) is 3.21. The maximum atomic E-state index is 14.5. The van der Waals surface area contributed by atoms with Crippen molar-refractivity contribution in [3.63, 3.8) is 0 Å². The Labute approximate surface area is 216 Å². The first kappa shape index (κ1) is 23.0. The zero-order valence-electron chi connectivity index (χ0n) is 19.8. The quantitative estimate of drug-likeness (QED) is 0.493. The summed E-state index contributed by atoms with van der Waals surface area (Å²) in [6, 6.07) is 9.85. The van der Waals surface area contributed by atoms with Gasteiger partial charge in [0.05, 0.1) is 12.2 Å². The van der Waals surface area contributed by atoms with Gasteiger partial charge in [0.1, 0.15) is 11.6 Å². The number of hydrogen-bond acceptors (Lipinski definition) is 7. The Morgan fingerprint density at radius 1 is 1.11 bits per heavy atom. The summed E-state index contributed by atoms with van der Waals surface area (Å²) >= 11 is 3.35. The predicted molar refractivity (Wildman–Crippen MR) is 137 cm³/mol. The molecule has 0 atom stereocenters. The SMILES string of the molecule is CN1CCC2(CC1)Oc1ccc(Nc3ncc4c(n3)N(C)C(=O)N(c3c(F)cccc3Br)C4)cc1O2. The second-order valence-corrected chi connectivity index (χ2v) is 10.1. The molecule has 3 aliphatic heterocycles. The third-order valence-corrected chi connectivity index (χ3v) is 7.39. The molecule has 2 aromatic carbocycles. The molecule has 2 amide bonds. The number of ether oxygens (including phenoxy) is 2. The number of hydrogen-bond donors (Lipinski definition) is 1. The van der Waals surface area contributed by atoms with E-state index in [1.54, 1.807) is 25.4 Å². The van der Waals surface area contributed by atoms with Crippen molar-refractivity contribution in [3.8, 4) is 11.5 Å². The van der Waals surface area contributed by atoms with Gasteiger partial charge in [-0.1, -0.05) is 6.07 Å². The molecule has 36 heavy (non-hydrogen) atoms.